The van der Waals surface area contributed by atoms with Gasteiger partial charge in [0.05, 0.1) is 38.8 Å². The first kappa shape index (κ1) is 82.0. The summed E-state index contributed by atoms with van der Waals surface area (Å²) < 4.78 is 15.3. The topological polar surface area (TPSA) is 53.7 Å². The minimum Gasteiger partial charge on any atom is -0.456 e. The molecular formula is C140H105N5OS. The second kappa shape index (κ2) is 30.0. The molecule has 702 valence electrons. The fourth-order valence-corrected chi connectivity index (χ4v) is 36.8. The summed E-state index contributed by atoms with van der Waals surface area (Å²) in [5.74, 6) is 10.7. The quantitative estimate of drug-likeness (QED) is 0.173. The predicted molar refractivity (Wildman–Crippen MR) is 609 cm³/mol. The van der Waals surface area contributed by atoms with Gasteiger partial charge in [0.2, 0.25) is 5.95 Å². The number of fused-ring (bicyclic) bond motifs is 34. The van der Waals surface area contributed by atoms with Crippen molar-refractivity contribution in [3.63, 3.8) is 0 Å². The smallest absolute Gasteiger partial charge is 0.236 e. The van der Waals surface area contributed by atoms with Crippen LogP contribution in [0.2, 0.25) is 0 Å². The number of furan rings is 1. The Balaban J connectivity index is 0.0000000936. The molecule has 12 bridgehead atoms. The summed E-state index contributed by atoms with van der Waals surface area (Å²) in [6, 6.07) is 144. The van der Waals surface area contributed by atoms with Gasteiger partial charge in [-0.25, -0.2) is 9.97 Å². The Hall–Kier alpha value is -15.3. The molecule has 0 aliphatic heterocycles. The zero-order chi connectivity index (χ0) is 95.3. The zero-order valence-electron chi connectivity index (χ0n) is 82.0. The molecule has 6 heterocycles. The van der Waals surface area contributed by atoms with Gasteiger partial charge in [-0.1, -0.05) is 334 Å². The Labute approximate surface area is 856 Å². The Bertz CT molecular complexity index is 10000. The number of hydrogen-bond donors (Lipinski definition) is 0. The number of para-hydroxylation sites is 1. The molecule has 0 atom stereocenters. The molecule has 147 heavy (non-hydrogen) atoms. The van der Waals surface area contributed by atoms with Crippen LogP contribution in [0.4, 0.5) is 0 Å². The van der Waals surface area contributed by atoms with Crippen LogP contribution in [0.15, 0.2) is 387 Å². The van der Waals surface area contributed by atoms with Crippen molar-refractivity contribution < 1.29 is 4.42 Å². The molecule has 15 aliphatic carbocycles. The van der Waals surface area contributed by atoms with E-state index < -0.39 is 0 Å². The molecule has 25 aromatic rings. The van der Waals surface area contributed by atoms with Crippen molar-refractivity contribution in [3.8, 4) is 73.1 Å². The van der Waals surface area contributed by atoms with Gasteiger partial charge in [0.25, 0.3) is 0 Å². The Morgan fingerprint density at radius 3 is 1.07 bits per heavy atom. The molecule has 0 saturated heterocycles. The minimum absolute atomic E-state index is 0.0728. The number of rotatable bonds is 5. The van der Waals surface area contributed by atoms with Crippen molar-refractivity contribution in [2.24, 2.45) is 71.0 Å². The van der Waals surface area contributed by atoms with E-state index in [1.54, 1.807) is 44.7 Å². The maximum Gasteiger partial charge on any atom is 0.236 e. The molecule has 7 heteroatoms. The average Bonchev–Trinajstić information content (AvgIpc) is 1.51. The SMILES string of the molecule is c1ccc(-c2ccc(-n3c4c5c(ccc4c4ccc6ccccc6c43)C3(c4ccccc4-5)C4CC5CC(C4)CC3C5)cc2)cc1.c1ccc2c(c1)-c1c(ccc3c4ccc5ccccc5c4n(-c4ccc5oc6ccccc6c5c4)c13)C21C2CC3CC(C2)CC1C3.c1ccc2c(c1)-c1c(ccc3c4ccc5ccccc5c4n(-c4nc(-c5ccc6ccccc6c5)c5c(n4)sc4ccccc45)c13)C21C2CC3CC(C2)CC1C3. The van der Waals surface area contributed by atoms with Gasteiger partial charge in [-0.2, -0.15) is 0 Å². The third-order valence-corrected chi connectivity index (χ3v) is 41.4. The summed E-state index contributed by atoms with van der Waals surface area (Å²) in [5.41, 5.74) is 35.6. The van der Waals surface area contributed by atoms with Crippen molar-refractivity contribution >= 4 is 162 Å². The highest BCUT2D eigenvalue weighted by Crippen LogP contribution is 2.75. The molecule has 0 unspecified atom stereocenters. The monoisotopic (exact) mass is 1900 g/mol. The second-order valence-corrected chi connectivity index (χ2v) is 47.8. The summed E-state index contributed by atoms with van der Waals surface area (Å²) >= 11 is 1.78. The van der Waals surface area contributed by atoms with E-state index in [1.807, 2.05) is 0 Å². The van der Waals surface area contributed by atoms with Crippen LogP contribution in [-0.4, -0.2) is 23.7 Å². The van der Waals surface area contributed by atoms with Crippen molar-refractivity contribution in [1.82, 2.24) is 23.7 Å². The number of benzene rings is 19. The summed E-state index contributed by atoms with van der Waals surface area (Å²) in [7, 11) is 0. The van der Waals surface area contributed by atoms with Crippen LogP contribution in [0, 0.1) is 71.0 Å². The van der Waals surface area contributed by atoms with Gasteiger partial charge in [-0.15, -0.1) is 11.3 Å². The van der Waals surface area contributed by atoms with E-state index in [0.717, 1.165) is 97.8 Å². The molecular weight excluding hydrogens is 1800 g/mol. The van der Waals surface area contributed by atoms with Crippen LogP contribution >= 0.6 is 11.3 Å². The summed E-state index contributed by atoms with van der Waals surface area (Å²) in [4.78, 5) is 12.4. The van der Waals surface area contributed by atoms with Crippen molar-refractivity contribution in [2.75, 3.05) is 0 Å². The average molecular weight is 1910 g/mol. The number of aromatic nitrogens is 5. The Morgan fingerprint density at radius 1 is 0.231 bits per heavy atom. The Morgan fingerprint density at radius 2 is 0.585 bits per heavy atom. The van der Waals surface area contributed by atoms with E-state index in [0.29, 0.717) is 11.8 Å². The van der Waals surface area contributed by atoms with Gasteiger partial charge in [-0.05, 0) is 304 Å². The zero-order valence-corrected chi connectivity index (χ0v) is 82.8. The van der Waals surface area contributed by atoms with Crippen molar-refractivity contribution in [1.29, 1.82) is 0 Å². The maximum absolute atomic E-state index is 6.31. The molecule has 19 aromatic carbocycles. The first-order valence-electron chi connectivity index (χ1n) is 54.8. The number of hydrogen-bond acceptors (Lipinski definition) is 4. The number of thiophene rings is 1. The molecule has 0 amide bonds. The van der Waals surface area contributed by atoms with Crippen LogP contribution in [-0.2, 0) is 16.2 Å². The highest BCUT2D eigenvalue weighted by atomic mass is 32.1. The third kappa shape index (κ3) is 10.9. The molecule has 12 saturated carbocycles. The molecule has 0 radical (unpaired) electrons. The lowest BCUT2D eigenvalue weighted by atomic mass is 9.43. The third-order valence-electron chi connectivity index (χ3n) is 40.3. The van der Waals surface area contributed by atoms with E-state index in [4.69, 9.17) is 14.4 Å². The van der Waals surface area contributed by atoms with Gasteiger partial charge >= 0.3 is 0 Å². The first-order chi connectivity index (χ1) is 72.8. The molecule has 6 nitrogen and oxygen atoms in total. The van der Waals surface area contributed by atoms with Crippen molar-refractivity contribution in [3.05, 3.63) is 416 Å². The Kier molecular flexibility index (Phi) is 16.7. The highest BCUT2D eigenvalue weighted by molar-refractivity contribution is 7.25. The minimum atomic E-state index is 0.0728. The van der Waals surface area contributed by atoms with Crippen molar-refractivity contribution in [2.45, 2.75) is 113 Å². The van der Waals surface area contributed by atoms with Crippen LogP contribution in [0.5, 0.6) is 0 Å². The summed E-state index contributed by atoms with van der Waals surface area (Å²) in [6.45, 7) is 0. The molecule has 15 aliphatic rings. The van der Waals surface area contributed by atoms with Gasteiger partial charge in [-0.3, -0.25) is 4.57 Å². The van der Waals surface area contributed by atoms with E-state index in [1.165, 1.54) is 282 Å². The number of nitrogens with zero attached hydrogens (tertiary/aromatic N) is 5. The molecule has 3 spiro atoms. The van der Waals surface area contributed by atoms with E-state index in [-0.39, 0.29) is 16.2 Å². The lowest BCUT2D eigenvalue weighted by molar-refractivity contribution is -0.0399. The van der Waals surface area contributed by atoms with Crippen LogP contribution < -0.4 is 0 Å². The molecule has 0 N–H and O–H groups in total. The first-order valence-corrected chi connectivity index (χ1v) is 55.6. The van der Waals surface area contributed by atoms with Crippen LogP contribution in [0.3, 0.4) is 0 Å². The second-order valence-electron chi connectivity index (χ2n) is 46.8. The fraction of sp³-hybridized carbons (Fsp3) is 0.214. The highest BCUT2D eigenvalue weighted by Gasteiger charge is 2.66. The van der Waals surface area contributed by atoms with Gasteiger partial charge in [0.15, 0.2) is 0 Å². The van der Waals surface area contributed by atoms with Gasteiger partial charge in [0.1, 0.15) is 16.0 Å². The van der Waals surface area contributed by atoms with E-state index in [2.05, 4.69) is 396 Å². The molecule has 40 rings (SSSR count). The molecule has 6 aromatic heterocycles. The summed E-state index contributed by atoms with van der Waals surface area (Å²) in [5, 5.41) is 22.8. The fourth-order valence-electron chi connectivity index (χ4n) is 35.8. The van der Waals surface area contributed by atoms with Crippen LogP contribution in [0.1, 0.15) is 130 Å². The van der Waals surface area contributed by atoms with Gasteiger partial charge < -0.3 is 13.6 Å². The maximum atomic E-state index is 6.31. The standard InChI is InChI=1S/C52H37N3S.C44H33NO.C44H35N/c1-2-11-33-28-34(18-17-31(33)9-1)47-46-41-14-6-8-16-44(41)56-50(46)54-51(53-47)55-48-37-12-4-3-10-32(37)19-20-38(48)39-21-22-43-45(49(39)55)40-13-5-7-15-42(40)52(43)35-24-29-23-30(26-35)27-36(52)25-29;1-2-8-31-27(7-1)13-15-33-34-16-17-38-41(35-10-3-5-11-37(35)44(38)28-20-25-19-26(22-28)23-29(44)21-25)43(34)45(42(31)33)30-14-18-40-36(24-30)32-9-4-6-12-39(32)46-40;1-2-8-29(9-3-1)30-14-17-34(18-15-30)45-42-35-11-5-4-10-31(35)16-19-36(42)37-20-21-40-41(43(37)45)38-12-6-7-13-39(38)44(40)32-23-27-22-28(25-32)26-33(44)24-27/h1-22,28-30,35-36H,23-27H2;1-18,24-26,28-29H,19-23H2;1-21,27-28,32-33H,22-26H2. The largest absolute Gasteiger partial charge is 0.456 e. The lowest BCUT2D eigenvalue weighted by Crippen LogP contribution is -2.55. The summed E-state index contributed by atoms with van der Waals surface area (Å²) in [6.07, 6.45) is 21.1. The predicted octanol–water partition coefficient (Wildman–Crippen LogP) is 36.5. The van der Waals surface area contributed by atoms with E-state index >= 15 is 0 Å². The molecule has 12 fully saturated rings. The van der Waals surface area contributed by atoms with Crippen LogP contribution in [0.25, 0.3) is 224 Å². The lowest BCUT2D eigenvalue weighted by Gasteiger charge is -2.61. The van der Waals surface area contributed by atoms with E-state index in [9.17, 15) is 0 Å². The van der Waals surface area contributed by atoms with Gasteiger partial charge in [0, 0.05) is 125 Å². The normalized spacial score (nSPS) is 25.0.